The zero-order valence-electron chi connectivity index (χ0n) is 38.9. The second-order valence-corrected chi connectivity index (χ2v) is 17.2. The molecule has 1 heterocycles. The Morgan fingerprint density at radius 3 is 1.48 bits per heavy atom. The Hall–Kier alpha value is -2.11. The summed E-state index contributed by atoms with van der Waals surface area (Å²) in [5.74, 6) is -0.188. The molecule has 1 aliphatic heterocycles. The van der Waals surface area contributed by atoms with Crippen LogP contribution >= 0.6 is 0 Å². The molecular weight excluding hydrogens is 767 g/mol. The molecule has 1 saturated heterocycles. The molecule has 1 aliphatic rings. The molecule has 0 aromatic heterocycles. The minimum Gasteiger partial charge on any atom is -0.394 e. The smallest absolute Gasteiger partial charge is 0.220 e. The van der Waals surface area contributed by atoms with Crippen molar-refractivity contribution < 1.29 is 39.8 Å². The molecule has 6 N–H and O–H groups in total. The Balaban J connectivity index is 1.94. The first kappa shape index (κ1) is 56.9. The molecule has 0 radical (unpaired) electrons. The molecule has 0 bridgehead atoms. The van der Waals surface area contributed by atoms with Crippen LogP contribution in [0.15, 0.2) is 60.8 Å². The van der Waals surface area contributed by atoms with Crippen molar-refractivity contribution in [2.45, 2.75) is 249 Å². The number of carbonyl (C=O) groups excluding carboxylic acids is 1. The fraction of sp³-hybridized carbons (Fsp3) is 0.788. The van der Waals surface area contributed by atoms with E-state index in [-0.39, 0.29) is 12.5 Å². The number of nitrogens with one attached hydrogen (secondary N) is 1. The summed E-state index contributed by atoms with van der Waals surface area (Å²) in [6.45, 7) is 3.44. The van der Waals surface area contributed by atoms with E-state index in [4.69, 9.17) is 9.47 Å². The van der Waals surface area contributed by atoms with Crippen LogP contribution in [-0.2, 0) is 14.3 Å². The van der Waals surface area contributed by atoms with Crippen molar-refractivity contribution in [3.8, 4) is 0 Å². The summed E-state index contributed by atoms with van der Waals surface area (Å²) >= 11 is 0. The van der Waals surface area contributed by atoms with Gasteiger partial charge >= 0.3 is 0 Å². The second-order valence-electron chi connectivity index (χ2n) is 17.2. The number of unbranched alkanes of at least 4 members (excludes halogenated alkanes) is 23. The van der Waals surface area contributed by atoms with E-state index in [0.717, 1.165) is 57.8 Å². The highest BCUT2D eigenvalue weighted by atomic mass is 16.7. The normalized spacial score (nSPS) is 20.9. The lowest BCUT2D eigenvalue weighted by molar-refractivity contribution is -0.302. The van der Waals surface area contributed by atoms with Crippen molar-refractivity contribution >= 4 is 5.91 Å². The predicted molar refractivity (Wildman–Crippen MR) is 253 cm³/mol. The Kier molecular flexibility index (Phi) is 39.1. The van der Waals surface area contributed by atoms with E-state index in [1.54, 1.807) is 6.08 Å². The number of rotatable bonds is 41. The highest BCUT2D eigenvalue weighted by Crippen LogP contribution is 2.23. The zero-order valence-corrected chi connectivity index (χ0v) is 38.9. The number of carbonyl (C=O) groups is 1. The van der Waals surface area contributed by atoms with Crippen LogP contribution in [0.2, 0.25) is 0 Å². The number of aliphatic hydroxyl groups excluding tert-OH is 5. The van der Waals surface area contributed by atoms with Gasteiger partial charge in [0.05, 0.1) is 25.4 Å². The van der Waals surface area contributed by atoms with E-state index in [1.165, 1.54) is 128 Å². The number of hydrogen-bond acceptors (Lipinski definition) is 8. The van der Waals surface area contributed by atoms with Crippen LogP contribution in [-0.4, -0.2) is 87.5 Å². The first-order valence-electron chi connectivity index (χ1n) is 25.0. The van der Waals surface area contributed by atoms with Crippen molar-refractivity contribution in [1.29, 1.82) is 0 Å². The number of ether oxygens (including phenoxy) is 2. The molecular formula is C52H93NO8. The average Bonchev–Trinajstić information content (AvgIpc) is 3.26. The van der Waals surface area contributed by atoms with Crippen LogP contribution in [0.1, 0.15) is 206 Å². The lowest BCUT2D eigenvalue weighted by Crippen LogP contribution is -2.60. The van der Waals surface area contributed by atoms with Gasteiger partial charge in [0.15, 0.2) is 6.29 Å². The minimum absolute atomic E-state index is 0.188. The third-order valence-corrected chi connectivity index (χ3v) is 11.6. The van der Waals surface area contributed by atoms with E-state index in [2.05, 4.69) is 60.8 Å². The zero-order chi connectivity index (χ0) is 44.4. The fourth-order valence-electron chi connectivity index (χ4n) is 7.63. The third-order valence-electron chi connectivity index (χ3n) is 11.6. The molecule has 0 spiro atoms. The molecule has 354 valence electrons. The first-order chi connectivity index (χ1) is 29.8. The molecule has 7 unspecified atom stereocenters. The lowest BCUT2D eigenvalue weighted by Gasteiger charge is -2.40. The van der Waals surface area contributed by atoms with Crippen molar-refractivity contribution in [1.82, 2.24) is 5.32 Å². The van der Waals surface area contributed by atoms with E-state index in [1.807, 2.05) is 13.0 Å². The van der Waals surface area contributed by atoms with Gasteiger partial charge in [-0.2, -0.15) is 0 Å². The molecule has 7 atom stereocenters. The molecule has 0 aliphatic carbocycles. The highest BCUT2D eigenvalue weighted by Gasteiger charge is 2.44. The largest absolute Gasteiger partial charge is 0.394 e. The first-order valence-corrected chi connectivity index (χ1v) is 25.0. The maximum atomic E-state index is 12.8. The summed E-state index contributed by atoms with van der Waals surface area (Å²) in [5, 5.41) is 53.4. The SMILES string of the molecule is CC/C=C\C/C=C\C/C=C\C/C=C\CCCCCCCCCCCCCCCCCCCCCCCCC(=O)NC(COC1OC(CO)C(O)C(O)C1O)C(O)/C=C/CCC. The molecule has 0 aromatic rings. The predicted octanol–water partition coefficient (Wildman–Crippen LogP) is 11.2. The number of hydrogen-bond donors (Lipinski definition) is 6. The van der Waals surface area contributed by atoms with Crippen LogP contribution in [0.3, 0.4) is 0 Å². The van der Waals surface area contributed by atoms with Gasteiger partial charge in [0.1, 0.15) is 24.4 Å². The van der Waals surface area contributed by atoms with E-state index >= 15 is 0 Å². The maximum absolute atomic E-state index is 12.8. The molecule has 1 fully saturated rings. The molecule has 1 amide bonds. The average molecular weight is 860 g/mol. The van der Waals surface area contributed by atoms with Gasteiger partial charge in [-0.15, -0.1) is 0 Å². The van der Waals surface area contributed by atoms with Gasteiger partial charge in [0.2, 0.25) is 5.91 Å². The van der Waals surface area contributed by atoms with Gasteiger partial charge in [-0.3, -0.25) is 4.79 Å². The van der Waals surface area contributed by atoms with E-state index in [9.17, 15) is 30.3 Å². The van der Waals surface area contributed by atoms with E-state index < -0.39 is 49.5 Å². The molecule has 0 aromatic carbocycles. The van der Waals surface area contributed by atoms with E-state index in [0.29, 0.717) is 6.42 Å². The number of amides is 1. The van der Waals surface area contributed by atoms with Crippen LogP contribution in [0.4, 0.5) is 0 Å². The maximum Gasteiger partial charge on any atom is 0.220 e. The Morgan fingerprint density at radius 2 is 1.02 bits per heavy atom. The van der Waals surface area contributed by atoms with Gasteiger partial charge in [-0.05, 0) is 51.4 Å². The monoisotopic (exact) mass is 860 g/mol. The third kappa shape index (κ3) is 32.2. The molecule has 9 heteroatoms. The van der Waals surface area contributed by atoms with Crippen molar-refractivity contribution in [3.63, 3.8) is 0 Å². The molecule has 61 heavy (non-hydrogen) atoms. The summed E-state index contributed by atoms with van der Waals surface area (Å²) in [6, 6.07) is -0.799. The van der Waals surface area contributed by atoms with Crippen LogP contribution in [0.25, 0.3) is 0 Å². The van der Waals surface area contributed by atoms with Gasteiger partial charge in [0, 0.05) is 6.42 Å². The van der Waals surface area contributed by atoms with Crippen LogP contribution < -0.4 is 5.32 Å². The highest BCUT2D eigenvalue weighted by molar-refractivity contribution is 5.76. The van der Waals surface area contributed by atoms with Gasteiger partial charge in [0.25, 0.3) is 0 Å². The molecule has 0 saturated carbocycles. The fourth-order valence-corrected chi connectivity index (χ4v) is 7.63. The summed E-state index contributed by atoms with van der Waals surface area (Å²) in [6.07, 6.45) is 49.8. The topological polar surface area (TPSA) is 149 Å². The standard InChI is InChI=1S/C52H93NO8/c1-3-5-7-8-9-10-11-12-13-14-15-16-17-18-19-20-21-22-23-24-25-26-27-28-29-30-31-32-33-34-35-36-37-38-40-42-48(56)53-45(46(55)41-39-6-4-2)44-60-52-51(59)50(58)49(57)47(43-54)61-52/h5,7,9-10,12-13,15-16,39,41,45-47,49-52,54-55,57-59H,3-4,6,8,11,14,17-38,40,42-44H2,1-2H3,(H,53,56)/b7-5-,10-9-,13-12-,16-15-,41-39+. The molecule has 9 nitrogen and oxygen atoms in total. The minimum atomic E-state index is -1.56. The quantitative estimate of drug-likeness (QED) is 0.0263. The van der Waals surface area contributed by atoms with Crippen LogP contribution in [0, 0.1) is 0 Å². The Labute approximate surface area is 373 Å². The molecule has 1 rings (SSSR count). The Morgan fingerprint density at radius 1 is 0.574 bits per heavy atom. The van der Waals surface area contributed by atoms with Crippen molar-refractivity contribution in [3.05, 3.63) is 60.8 Å². The summed E-state index contributed by atoms with van der Waals surface area (Å²) in [7, 11) is 0. The lowest BCUT2D eigenvalue weighted by atomic mass is 9.99. The van der Waals surface area contributed by atoms with Gasteiger partial charge < -0.3 is 40.3 Å². The summed E-state index contributed by atoms with van der Waals surface area (Å²) < 4.78 is 11.1. The second kappa shape index (κ2) is 41.9. The van der Waals surface area contributed by atoms with Gasteiger partial charge in [-0.1, -0.05) is 209 Å². The van der Waals surface area contributed by atoms with Crippen molar-refractivity contribution in [2.75, 3.05) is 13.2 Å². The van der Waals surface area contributed by atoms with Crippen LogP contribution in [0.5, 0.6) is 0 Å². The number of aliphatic hydroxyl groups is 5. The Bertz CT molecular complexity index is 1140. The summed E-state index contributed by atoms with van der Waals surface area (Å²) in [5.41, 5.74) is 0. The summed E-state index contributed by atoms with van der Waals surface area (Å²) in [4.78, 5) is 12.8. The number of allylic oxidation sites excluding steroid dienone is 9. The van der Waals surface area contributed by atoms with Crippen molar-refractivity contribution in [2.24, 2.45) is 0 Å². The van der Waals surface area contributed by atoms with Gasteiger partial charge in [-0.25, -0.2) is 0 Å².